The fraction of sp³-hybridized carbons (Fsp3) is 0.462. The molecule has 0 atom stereocenters. The van der Waals surface area contributed by atoms with Gasteiger partial charge in [-0.25, -0.2) is 9.97 Å². The summed E-state index contributed by atoms with van der Waals surface area (Å²) in [6, 6.07) is 9.78. The van der Waals surface area contributed by atoms with Crippen LogP contribution in [0.5, 0.6) is 0 Å². The van der Waals surface area contributed by atoms with Crippen molar-refractivity contribution in [3.05, 3.63) is 59.5 Å². The van der Waals surface area contributed by atoms with Gasteiger partial charge in [-0.1, -0.05) is 55.5 Å². The van der Waals surface area contributed by atoms with Gasteiger partial charge in [-0.3, -0.25) is 14.5 Å². The van der Waals surface area contributed by atoms with Gasteiger partial charge in [0.05, 0.1) is 5.57 Å². The Morgan fingerprint density at radius 3 is 2.03 bits per heavy atom. The van der Waals surface area contributed by atoms with Crippen LogP contribution in [-0.2, 0) is 9.59 Å². The number of rotatable bonds is 4. The van der Waals surface area contributed by atoms with E-state index in [9.17, 15) is 9.59 Å². The number of benzene rings is 1. The number of aromatic nitrogens is 2. The maximum atomic E-state index is 13.8. The highest BCUT2D eigenvalue weighted by Crippen LogP contribution is 2.36. The summed E-state index contributed by atoms with van der Waals surface area (Å²) in [5, 5.41) is 0. The van der Waals surface area contributed by atoms with Crippen LogP contribution in [-0.4, -0.2) is 63.8 Å². The van der Waals surface area contributed by atoms with Gasteiger partial charge in [0.2, 0.25) is 5.95 Å². The number of aryl methyl sites for hydroxylation is 1. The van der Waals surface area contributed by atoms with E-state index in [2.05, 4.69) is 19.8 Å². The van der Waals surface area contributed by atoms with Crippen molar-refractivity contribution >= 4 is 23.3 Å². The lowest BCUT2D eigenvalue weighted by Gasteiger charge is -2.36. The molecule has 1 aliphatic carbocycles. The Morgan fingerprint density at radius 2 is 1.39 bits per heavy atom. The van der Waals surface area contributed by atoms with Gasteiger partial charge in [0.15, 0.2) is 0 Å². The Hall–Kier alpha value is -3.22. The fourth-order valence-corrected chi connectivity index (χ4v) is 5.24. The zero-order valence-corrected chi connectivity index (χ0v) is 19.2. The van der Waals surface area contributed by atoms with E-state index in [0.717, 1.165) is 36.8 Å². The lowest BCUT2D eigenvalue weighted by atomic mass is 10.0. The molecule has 1 aromatic heterocycles. The zero-order valence-electron chi connectivity index (χ0n) is 19.2. The standard InChI is InChI=1S/C26H31N5O2/c1-19-9-11-20(12-10-19)22-23(25(33)31(24(22)32)21-7-4-2-3-5-8-21)29-15-17-30(18-16-29)26-27-13-6-14-28-26/h6,9-14,21H,2-5,7-8,15-18H2,1H3. The third-order valence-electron chi connectivity index (χ3n) is 7.05. The zero-order chi connectivity index (χ0) is 22.8. The van der Waals surface area contributed by atoms with Crippen LogP contribution in [0.4, 0.5) is 5.95 Å². The predicted molar refractivity (Wildman–Crippen MR) is 127 cm³/mol. The Balaban J connectivity index is 1.45. The molecule has 7 heteroatoms. The minimum Gasteiger partial charge on any atom is -0.363 e. The summed E-state index contributed by atoms with van der Waals surface area (Å²) in [5.74, 6) is 0.463. The van der Waals surface area contributed by atoms with Crippen molar-refractivity contribution in [2.75, 3.05) is 31.1 Å². The minimum atomic E-state index is -0.125. The Labute approximate surface area is 195 Å². The van der Waals surface area contributed by atoms with Crippen molar-refractivity contribution in [1.29, 1.82) is 0 Å². The van der Waals surface area contributed by atoms with Crippen LogP contribution in [0.25, 0.3) is 5.57 Å². The van der Waals surface area contributed by atoms with Gasteiger partial charge in [-0.15, -0.1) is 0 Å². The summed E-state index contributed by atoms with van der Waals surface area (Å²) in [7, 11) is 0. The molecule has 2 aromatic rings. The molecule has 3 heterocycles. The molecule has 0 bridgehead atoms. The largest absolute Gasteiger partial charge is 0.363 e. The van der Waals surface area contributed by atoms with Crippen LogP contribution in [0.1, 0.15) is 49.7 Å². The monoisotopic (exact) mass is 445 g/mol. The van der Waals surface area contributed by atoms with Gasteiger partial charge in [0.1, 0.15) is 5.70 Å². The number of amides is 2. The Morgan fingerprint density at radius 1 is 0.788 bits per heavy atom. The molecule has 1 saturated heterocycles. The molecule has 0 N–H and O–H groups in total. The second-order valence-corrected chi connectivity index (χ2v) is 9.24. The first-order chi connectivity index (χ1) is 16.1. The van der Waals surface area contributed by atoms with Crippen LogP contribution in [0.15, 0.2) is 48.4 Å². The van der Waals surface area contributed by atoms with Crippen molar-refractivity contribution in [3.63, 3.8) is 0 Å². The smallest absolute Gasteiger partial charge is 0.278 e. The maximum absolute atomic E-state index is 13.8. The minimum absolute atomic E-state index is 0.00413. The summed E-state index contributed by atoms with van der Waals surface area (Å²) >= 11 is 0. The molecule has 5 rings (SSSR count). The third-order valence-corrected chi connectivity index (χ3v) is 7.05. The molecular formula is C26H31N5O2. The topological polar surface area (TPSA) is 69.6 Å². The van der Waals surface area contributed by atoms with Crippen LogP contribution >= 0.6 is 0 Å². The molecule has 0 radical (unpaired) electrons. The first kappa shape index (κ1) is 21.6. The van der Waals surface area contributed by atoms with Gasteiger partial charge in [-0.2, -0.15) is 0 Å². The van der Waals surface area contributed by atoms with Crippen molar-refractivity contribution in [3.8, 4) is 0 Å². The molecule has 3 aliphatic rings. The number of nitrogens with zero attached hydrogens (tertiary/aromatic N) is 5. The van der Waals surface area contributed by atoms with E-state index < -0.39 is 0 Å². The SMILES string of the molecule is Cc1ccc(C2=C(N3CCN(c4ncccn4)CC3)C(=O)N(C3CCCCCC3)C2=O)cc1. The highest BCUT2D eigenvalue weighted by Gasteiger charge is 2.45. The summed E-state index contributed by atoms with van der Waals surface area (Å²) in [6.45, 7) is 4.75. The Bertz CT molecular complexity index is 1030. The van der Waals surface area contributed by atoms with E-state index in [0.29, 0.717) is 43.4 Å². The summed E-state index contributed by atoms with van der Waals surface area (Å²) < 4.78 is 0. The second kappa shape index (κ2) is 9.33. The number of imide groups is 1. The van der Waals surface area contributed by atoms with Crippen molar-refractivity contribution in [2.45, 2.75) is 51.5 Å². The quantitative estimate of drug-likeness (QED) is 0.531. The van der Waals surface area contributed by atoms with E-state index in [1.54, 1.807) is 17.3 Å². The molecule has 172 valence electrons. The van der Waals surface area contributed by atoms with Gasteiger partial charge in [0, 0.05) is 44.6 Å². The highest BCUT2D eigenvalue weighted by atomic mass is 16.2. The Kier molecular flexibility index (Phi) is 6.11. The van der Waals surface area contributed by atoms with Crippen LogP contribution < -0.4 is 4.90 Å². The fourth-order valence-electron chi connectivity index (χ4n) is 5.24. The number of anilines is 1. The van der Waals surface area contributed by atoms with Gasteiger partial charge >= 0.3 is 0 Å². The van der Waals surface area contributed by atoms with Crippen LogP contribution in [0, 0.1) is 6.92 Å². The van der Waals surface area contributed by atoms with Crippen LogP contribution in [0.3, 0.4) is 0 Å². The van der Waals surface area contributed by atoms with Gasteiger partial charge in [-0.05, 0) is 31.4 Å². The maximum Gasteiger partial charge on any atom is 0.278 e. The lowest BCUT2D eigenvalue weighted by Crippen LogP contribution is -2.49. The first-order valence-electron chi connectivity index (χ1n) is 12.1. The molecule has 0 unspecified atom stereocenters. The van der Waals surface area contributed by atoms with E-state index >= 15 is 0 Å². The summed E-state index contributed by atoms with van der Waals surface area (Å²) in [6.07, 6.45) is 9.82. The second-order valence-electron chi connectivity index (χ2n) is 9.24. The number of carbonyl (C=O) groups is 2. The molecular weight excluding hydrogens is 414 g/mol. The molecule has 33 heavy (non-hydrogen) atoms. The number of hydrogen-bond donors (Lipinski definition) is 0. The van der Waals surface area contributed by atoms with E-state index in [4.69, 9.17) is 0 Å². The number of carbonyl (C=O) groups excluding carboxylic acids is 2. The average Bonchev–Trinajstić information content (AvgIpc) is 3.00. The third kappa shape index (κ3) is 4.24. The predicted octanol–water partition coefficient (Wildman–Crippen LogP) is 3.41. The molecule has 0 spiro atoms. The molecule has 1 aromatic carbocycles. The molecule has 7 nitrogen and oxygen atoms in total. The molecule has 1 saturated carbocycles. The van der Waals surface area contributed by atoms with E-state index in [-0.39, 0.29) is 17.9 Å². The van der Waals surface area contributed by atoms with Crippen molar-refractivity contribution in [1.82, 2.24) is 19.8 Å². The first-order valence-corrected chi connectivity index (χ1v) is 12.1. The van der Waals surface area contributed by atoms with Gasteiger partial charge < -0.3 is 9.80 Å². The lowest BCUT2D eigenvalue weighted by molar-refractivity contribution is -0.140. The molecule has 2 amide bonds. The number of piperazine rings is 1. The highest BCUT2D eigenvalue weighted by molar-refractivity contribution is 6.35. The summed E-state index contributed by atoms with van der Waals surface area (Å²) in [4.78, 5) is 42.1. The molecule has 2 aliphatic heterocycles. The van der Waals surface area contributed by atoms with E-state index in [1.807, 2.05) is 37.3 Å². The number of hydrogen-bond acceptors (Lipinski definition) is 6. The summed E-state index contributed by atoms with van der Waals surface area (Å²) in [5.41, 5.74) is 3.10. The van der Waals surface area contributed by atoms with Crippen molar-refractivity contribution < 1.29 is 9.59 Å². The normalized spacial score (nSPS) is 20.6. The van der Waals surface area contributed by atoms with Gasteiger partial charge in [0.25, 0.3) is 11.8 Å². The van der Waals surface area contributed by atoms with E-state index in [1.165, 1.54) is 12.8 Å². The van der Waals surface area contributed by atoms with Crippen LogP contribution in [0.2, 0.25) is 0 Å². The molecule has 2 fully saturated rings. The average molecular weight is 446 g/mol. The van der Waals surface area contributed by atoms with Crippen molar-refractivity contribution in [2.24, 2.45) is 0 Å².